The zero-order valence-corrected chi connectivity index (χ0v) is 20.0. The number of fused-ring (bicyclic) bond motifs is 1. The first-order valence-corrected chi connectivity index (χ1v) is 12.9. The van der Waals surface area contributed by atoms with E-state index in [1.54, 1.807) is 19.1 Å². The summed E-state index contributed by atoms with van der Waals surface area (Å²) in [4.78, 5) is 17.7. The van der Waals surface area contributed by atoms with Gasteiger partial charge in [0.15, 0.2) is 0 Å². The van der Waals surface area contributed by atoms with Crippen molar-refractivity contribution < 1.29 is 17.6 Å². The minimum absolute atomic E-state index is 0.0625. The molecule has 2 aromatic carbocycles. The molecule has 2 aliphatic heterocycles. The second-order valence-electron chi connectivity index (χ2n) is 8.88. The molecule has 0 aromatic heterocycles. The van der Waals surface area contributed by atoms with Crippen LogP contribution in [0.25, 0.3) is 0 Å². The summed E-state index contributed by atoms with van der Waals surface area (Å²) in [5.74, 6) is -0.310. The van der Waals surface area contributed by atoms with Gasteiger partial charge in [0, 0.05) is 65.5 Å². The standard InChI is InChI=1S/C24H31FN4O3S/c1-19(30)28-10-12-29(13-11-28)24-7-6-22-17-27(9-8-21(22)15-24)18-33(31,32)26(2)16-20-4-3-5-23(25)14-20/h3-7,14-15H,8-13,16-18H2,1-2H3. The van der Waals surface area contributed by atoms with Gasteiger partial charge in [-0.3, -0.25) is 9.69 Å². The first-order valence-electron chi connectivity index (χ1n) is 11.2. The Bertz CT molecular complexity index is 1120. The highest BCUT2D eigenvalue weighted by atomic mass is 32.2. The van der Waals surface area contributed by atoms with Crippen LogP contribution >= 0.6 is 0 Å². The lowest BCUT2D eigenvalue weighted by atomic mass is 9.99. The van der Waals surface area contributed by atoms with E-state index in [2.05, 4.69) is 23.1 Å². The van der Waals surface area contributed by atoms with Crippen LogP contribution in [-0.2, 0) is 34.3 Å². The molecule has 1 amide bonds. The zero-order chi connectivity index (χ0) is 23.6. The third-order valence-corrected chi connectivity index (χ3v) is 8.26. The summed E-state index contributed by atoms with van der Waals surface area (Å²) in [5.41, 5.74) is 4.19. The summed E-state index contributed by atoms with van der Waals surface area (Å²) in [6, 6.07) is 12.4. The normalized spacial score (nSPS) is 17.3. The molecule has 0 radical (unpaired) electrons. The van der Waals surface area contributed by atoms with Crippen LogP contribution in [0.15, 0.2) is 42.5 Å². The highest BCUT2D eigenvalue weighted by Gasteiger charge is 2.26. The summed E-state index contributed by atoms with van der Waals surface area (Å²) in [5, 5.41) is 0. The van der Waals surface area contributed by atoms with Crippen molar-refractivity contribution in [2.45, 2.75) is 26.4 Å². The molecule has 2 aliphatic rings. The van der Waals surface area contributed by atoms with E-state index < -0.39 is 10.0 Å². The summed E-state index contributed by atoms with van der Waals surface area (Å²) >= 11 is 0. The highest BCUT2D eigenvalue weighted by Crippen LogP contribution is 2.26. The molecule has 9 heteroatoms. The van der Waals surface area contributed by atoms with Crippen LogP contribution in [0.3, 0.4) is 0 Å². The van der Waals surface area contributed by atoms with E-state index in [0.29, 0.717) is 18.7 Å². The van der Waals surface area contributed by atoms with Crippen molar-refractivity contribution in [1.29, 1.82) is 0 Å². The van der Waals surface area contributed by atoms with Crippen LogP contribution in [0.1, 0.15) is 23.6 Å². The molecule has 1 fully saturated rings. The fraction of sp³-hybridized carbons (Fsp3) is 0.458. The van der Waals surface area contributed by atoms with Crippen LogP contribution in [0.4, 0.5) is 10.1 Å². The summed E-state index contributed by atoms with van der Waals surface area (Å²) in [6.07, 6.45) is 0.791. The van der Waals surface area contributed by atoms with Gasteiger partial charge < -0.3 is 9.80 Å². The third kappa shape index (κ3) is 5.72. The molecule has 2 aromatic rings. The Hall–Kier alpha value is -2.49. The van der Waals surface area contributed by atoms with Gasteiger partial charge in [-0.2, -0.15) is 4.31 Å². The van der Waals surface area contributed by atoms with E-state index in [-0.39, 0.29) is 24.1 Å². The van der Waals surface area contributed by atoms with Gasteiger partial charge in [-0.05, 0) is 47.4 Å². The Morgan fingerprint density at radius 1 is 1.03 bits per heavy atom. The van der Waals surface area contributed by atoms with Gasteiger partial charge in [-0.25, -0.2) is 12.8 Å². The summed E-state index contributed by atoms with van der Waals surface area (Å²) in [7, 11) is -1.98. The number of sulfonamides is 1. The monoisotopic (exact) mass is 474 g/mol. The van der Waals surface area contributed by atoms with Crippen molar-refractivity contribution >= 4 is 21.6 Å². The molecular formula is C24H31FN4O3S. The smallest absolute Gasteiger partial charge is 0.227 e. The third-order valence-electron chi connectivity index (χ3n) is 6.49. The molecule has 0 spiro atoms. The molecule has 33 heavy (non-hydrogen) atoms. The molecule has 0 unspecified atom stereocenters. The average Bonchev–Trinajstić information content (AvgIpc) is 2.78. The van der Waals surface area contributed by atoms with E-state index in [9.17, 15) is 17.6 Å². The molecule has 7 nitrogen and oxygen atoms in total. The molecule has 178 valence electrons. The number of nitrogens with zero attached hydrogens (tertiary/aromatic N) is 4. The minimum Gasteiger partial charge on any atom is -0.368 e. The highest BCUT2D eigenvalue weighted by molar-refractivity contribution is 7.88. The van der Waals surface area contributed by atoms with Gasteiger partial charge in [-0.15, -0.1) is 0 Å². The maximum absolute atomic E-state index is 13.4. The van der Waals surface area contributed by atoms with Crippen molar-refractivity contribution in [3.8, 4) is 0 Å². The van der Waals surface area contributed by atoms with Gasteiger partial charge in [0.2, 0.25) is 15.9 Å². The number of hydrogen-bond donors (Lipinski definition) is 0. The molecule has 0 saturated carbocycles. The molecule has 0 aliphatic carbocycles. The number of halogens is 1. The van der Waals surface area contributed by atoms with Crippen molar-refractivity contribution in [2.24, 2.45) is 0 Å². The van der Waals surface area contributed by atoms with Crippen LogP contribution in [0.2, 0.25) is 0 Å². The molecular weight excluding hydrogens is 443 g/mol. The van der Waals surface area contributed by atoms with E-state index in [4.69, 9.17) is 0 Å². The van der Waals surface area contributed by atoms with Gasteiger partial charge in [0.1, 0.15) is 11.7 Å². The Labute approximate surface area is 195 Å². The van der Waals surface area contributed by atoms with E-state index in [0.717, 1.165) is 43.9 Å². The summed E-state index contributed by atoms with van der Waals surface area (Å²) in [6.45, 7) is 6.12. The number of hydrogen-bond acceptors (Lipinski definition) is 5. The first kappa shape index (κ1) is 23.7. The Morgan fingerprint density at radius 3 is 2.48 bits per heavy atom. The second-order valence-corrected chi connectivity index (χ2v) is 10.9. The lowest BCUT2D eigenvalue weighted by Crippen LogP contribution is -2.48. The van der Waals surface area contributed by atoms with Crippen LogP contribution in [0, 0.1) is 5.82 Å². The number of carbonyl (C=O) groups is 1. The number of rotatable bonds is 6. The van der Waals surface area contributed by atoms with Crippen LogP contribution < -0.4 is 4.90 Å². The Kier molecular flexibility index (Phi) is 7.02. The van der Waals surface area contributed by atoms with Crippen molar-refractivity contribution in [3.63, 3.8) is 0 Å². The van der Waals surface area contributed by atoms with Gasteiger partial charge >= 0.3 is 0 Å². The Morgan fingerprint density at radius 2 is 1.79 bits per heavy atom. The largest absolute Gasteiger partial charge is 0.368 e. The van der Waals surface area contributed by atoms with Crippen molar-refractivity contribution in [3.05, 3.63) is 65.0 Å². The van der Waals surface area contributed by atoms with Crippen LogP contribution in [-0.4, -0.2) is 74.1 Å². The fourth-order valence-corrected chi connectivity index (χ4v) is 5.73. The lowest BCUT2D eigenvalue weighted by Gasteiger charge is -2.36. The fourth-order valence-electron chi connectivity index (χ4n) is 4.50. The minimum atomic E-state index is -3.51. The molecule has 1 saturated heterocycles. The van der Waals surface area contributed by atoms with Gasteiger partial charge in [0.25, 0.3) is 0 Å². The average molecular weight is 475 g/mol. The number of carbonyl (C=O) groups excluding carboxylic acids is 1. The number of anilines is 1. The summed E-state index contributed by atoms with van der Waals surface area (Å²) < 4.78 is 40.5. The van der Waals surface area contributed by atoms with Crippen molar-refractivity contribution in [2.75, 3.05) is 50.5 Å². The van der Waals surface area contributed by atoms with E-state index in [1.165, 1.54) is 29.0 Å². The zero-order valence-electron chi connectivity index (χ0n) is 19.2. The SMILES string of the molecule is CC(=O)N1CCN(c2ccc3c(c2)CCN(CS(=O)(=O)N(C)Cc2cccc(F)c2)C3)CC1. The predicted molar refractivity (Wildman–Crippen MR) is 127 cm³/mol. The van der Waals surface area contributed by atoms with E-state index >= 15 is 0 Å². The molecule has 0 N–H and O–H groups in total. The number of benzene rings is 2. The first-order chi connectivity index (χ1) is 15.7. The Balaban J connectivity index is 1.36. The second kappa shape index (κ2) is 9.79. The molecule has 2 heterocycles. The number of amides is 1. The van der Waals surface area contributed by atoms with Gasteiger partial charge in [-0.1, -0.05) is 18.2 Å². The van der Waals surface area contributed by atoms with Gasteiger partial charge in [0.05, 0.1) is 0 Å². The topological polar surface area (TPSA) is 64.2 Å². The predicted octanol–water partition coefficient (Wildman–Crippen LogP) is 2.27. The maximum Gasteiger partial charge on any atom is 0.227 e. The van der Waals surface area contributed by atoms with Crippen molar-refractivity contribution in [1.82, 2.24) is 14.1 Å². The van der Waals surface area contributed by atoms with Crippen LogP contribution in [0.5, 0.6) is 0 Å². The molecule has 4 rings (SSSR count). The number of piperazine rings is 1. The lowest BCUT2D eigenvalue weighted by molar-refractivity contribution is -0.129. The quantitative estimate of drug-likeness (QED) is 0.643. The molecule has 0 bridgehead atoms. The maximum atomic E-state index is 13.4. The molecule has 0 atom stereocenters. The van der Waals surface area contributed by atoms with E-state index in [1.807, 2.05) is 9.80 Å².